The minimum Gasteiger partial charge on any atom is -0.398 e. The third kappa shape index (κ3) is 3.11. The van der Waals surface area contributed by atoms with Gasteiger partial charge in [0, 0.05) is 6.61 Å². The van der Waals surface area contributed by atoms with Crippen LogP contribution in [0.15, 0.2) is 0 Å². The SMILES string of the molecule is C[Si](C)(C)O[C@]1(C#N)CCCOC1. The van der Waals surface area contributed by atoms with Crippen molar-refractivity contribution in [2.75, 3.05) is 13.2 Å². The fraction of sp³-hybridized carbons (Fsp3) is 0.889. The van der Waals surface area contributed by atoms with Crippen LogP contribution in [0.1, 0.15) is 12.8 Å². The van der Waals surface area contributed by atoms with Crippen molar-refractivity contribution in [2.45, 2.75) is 38.1 Å². The first kappa shape index (κ1) is 10.7. The topological polar surface area (TPSA) is 42.2 Å². The lowest BCUT2D eigenvalue weighted by atomic mass is 9.99. The molecule has 0 aromatic heterocycles. The summed E-state index contributed by atoms with van der Waals surface area (Å²) in [6.07, 6.45) is 1.74. The average Bonchev–Trinajstić information content (AvgIpc) is 2.03. The van der Waals surface area contributed by atoms with Gasteiger partial charge in [0.2, 0.25) is 0 Å². The van der Waals surface area contributed by atoms with Crippen LogP contribution in [0.3, 0.4) is 0 Å². The van der Waals surface area contributed by atoms with Gasteiger partial charge in [0.1, 0.15) is 0 Å². The molecule has 1 heterocycles. The molecule has 4 heteroatoms. The molecule has 1 saturated heterocycles. The van der Waals surface area contributed by atoms with E-state index in [4.69, 9.17) is 14.4 Å². The van der Waals surface area contributed by atoms with Crippen molar-refractivity contribution in [1.82, 2.24) is 0 Å². The summed E-state index contributed by atoms with van der Waals surface area (Å²) < 4.78 is 11.2. The van der Waals surface area contributed by atoms with Gasteiger partial charge in [0.05, 0.1) is 12.7 Å². The predicted molar refractivity (Wildman–Crippen MR) is 52.8 cm³/mol. The highest BCUT2D eigenvalue weighted by Crippen LogP contribution is 2.26. The van der Waals surface area contributed by atoms with Crippen molar-refractivity contribution in [1.29, 1.82) is 5.26 Å². The van der Waals surface area contributed by atoms with E-state index in [2.05, 4.69) is 25.7 Å². The van der Waals surface area contributed by atoms with E-state index in [1.807, 2.05) is 0 Å². The molecule has 0 aromatic carbocycles. The molecule has 0 aromatic rings. The molecule has 1 aliphatic heterocycles. The Bertz CT molecular complexity index is 211. The maximum absolute atomic E-state index is 9.07. The molecule has 3 nitrogen and oxygen atoms in total. The summed E-state index contributed by atoms with van der Waals surface area (Å²) in [6, 6.07) is 2.26. The molecule has 0 spiro atoms. The summed E-state index contributed by atoms with van der Waals surface area (Å²) in [7, 11) is -1.64. The van der Waals surface area contributed by atoms with Gasteiger partial charge in [0.15, 0.2) is 13.9 Å². The molecule has 0 amide bonds. The zero-order chi connectivity index (χ0) is 9.95. The lowest BCUT2D eigenvalue weighted by molar-refractivity contribution is -0.0382. The monoisotopic (exact) mass is 199 g/mol. The molecule has 1 fully saturated rings. The Kier molecular flexibility index (Phi) is 3.12. The van der Waals surface area contributed by atoms with Gasteiger partial charge >= 0.3 is 0 Å². The highest BCUT2D eigenvalue weighted by atomic mass is 28.4. The van der Waals surface area contributed by atoms with Crippen LogP contribution < -0.4 is 0 Å². The molecule has 0 aliphatic carbocycles. The van der Waals surface area contributed by atoms with Crippen LogP contribution in [0.5, 0.6) is 0 Å². The Hall–Kier alpha value is -0.373. The van der Waals surface area contributed by atoms with Crippen molar-refractivity contribution in [3.63, 3.8) is 0 Å². The van der Waals surface area contributed by atoms with Crippen LogP contribution in [0.2, 0.25) is 19.6 Å². The van der Waals surface area contributed by atoms with Gasteiger partial charge in [-0.25, -0.2) is 0 Å². The Morgan fingerprint density at radius 3 is 2.54 bits per heavy atom. The number of rotatable bonds is 2. The van der Waals surface area contributed by atoms with Crippen molar-refractivity contribution in [2.24, 2.45) is 0 Å². The lowest BCUT2D eigenvalue weighted by Gasteiger charge is -2.36. The van der Waals surface area contributed by atoms with Crippen LogP contribution in [-0.4, -0.2) is 27.1 Å². The first-order valence-corrected chi connectivity index (χ1v) is 8.07. The van der Waals surface area contributed by atoms with Crippen LogP contribution in [-0.2, 0) is 9.16 Å². The van der Waals surface area contributed by atoms with Gasteiger partial charge < -0.3 is 9.16 Å². The number of nitriles is 1. The van der Waals surface area contributed by atoms with E-state index >= 15 is 0 Å². The first-order chi connectivity index (χ1) is 5.97. The molecule has 0 N–H and O–H groups in total. The molecule has 1 rings (SSSR count). The Balaban J connectivity index is 2.65. The summed E-state index contributed by atoms with van der Waals surface area (Å²) in [5.74, 6) is 0. The fourth-order valence-electron chi connectivity index (χ4n) is 1.55. The molecule has 13 heavy (non-hydrogen) atoms. The Morgan fingerprint density at radius 1 is 1.46 bits per heavy atom. The third-order valence-corrected chi connectivity index (χ3v) is 2.91. The minimum atomic E-state index is -1.64. The van der Waals surface area contributed by atoms with Crippen LogP contribution in [0.25, 0.3) is 0 Å². The highest BCUT2D eigenvalue weighted by Gasteiger charge is 2.38. The molecule has 0 bridgehead atoms. The summed E-state index contributed by atoms with van der Waals surface area (Å²) in [6.45, 7) is 7.49. The van der Waals surface area contributed by atoms with E-state index in [-0.39, 0.29) is 0 Å². The average molecular weight is 199 g/mol. The Labute approximate surface area is 80.8 Å². The van der Waals surface area contributed by atoms with E-state index < -0.39 is 13.9 Å². The second kappa shape index (κ2) is 3.78. The lowest BCUT2D eigenvalue weighted by Crippen LogP contribution is -2.47. The number of ether oxygens (including phenoxy) is 1. The quantitative estimate of drug-likeness (QED) is 0.638. The van der Waals surface area contributed by atoms with Crippen molar-refractivity contribution in [3.8, 4) is 6.07 Å². The molecular formula is C9H17NO2Si. The summed E-state index contributed by atoms with van der Waals surface area (Å²) in [4.78, 5) is 0. The van der Waals surface area contributed by atoms with E-state index in [0.717, 1.165) is 19.4 Å². The van der Waals surface area contributed by atoms with Gasteiger partial charge in [0.25, 0.3) is 0 Å². The molecule has 0 unspecified atom stereocenters. The molecule has 74 valence electrons. The zero-order valence-electron chi connectivity index (χ0n) is 8.59. The molecule has 1 aliphatic rings. The number of hydrogen-bond donors (Lipinski definition) is 0. The largest absolute Gasteiger partial charge is 0.398 e. The standard InChI is InChI=1S/C9H17NO2Si/c1-13(2,3)12-9(7-10)5-4-6-11-8-9/h4-6,8H2,1-3H3/t9-/m0/s1. The molecule has 0 radical (unpaired) electrons. The maximum Gasteiger partial charge on any atom is 0.186 e. The van der Waals surface area contributed by atoms with E-state index in [1.54, 1.807) is 0 Å². The van der Waals surface area contributed by atoms with Gasteiger partial charge in [-0.2, -0.15) is 5.26 Å². The van der Waals surface area contributed by atoms with Crippen molar-refractivity contribution < 1.29 is 9.16 Å². The van der Waals surface area contributed by atoms with E-state index in [1.165, 1.54) is 0 Å². The normalized spacial score (nSPS) is 29.7. The van der Waals surface area contributed by atoms with Gasteiger partial charge in [-0.15, -0.1) is 0 Å². The summed E-state index contributed by atoms with van der Waals surface area (Å²) in [5.41, 5.74) is -0.650. The van der Waals surface area contributed by atoms with E-state index in [0.29, 0.717) is 6.61 Å². The Morgan fingerprint density at radius 2 is 2.15 bits per heavy atom. The van der Waals surface area contributed by atoms with Crippen LogP contribution >= 0.6 is 0 Å². The first-order valence-electron chi connectivity index (χ1n) is 4.67. The summed E-state index contributed by atoms with van der Waals surface area (Å²) >= 11 is 0. The zero-order valence-corrected chi connectivity index (χ0v) is 9.59. The second-order valence-electron chi connectivity index (χ2n) is 4.48. The summed E-state index contributed by atoms with van der Waals surface area (Å²) in [5, 5.41) is 9.07. The van der Waals surface area contributed by atoms with Gasteiger partial charge in [-0.1, -0.05) is 0 Å². The van der Waals surface area contributed by atoms with Gasteiger partial charge in [-0.3, -0.25) is 0 Å². The van der Waals surface area contributed by atoms with Gasteiger partial charge in [-0.05, 0) is 32.5 Å². The smallest absolute Gasteiger partial charge is 0.186 e. The number of hydrogen-bond acceptors (Lipinski definition) is 3. The van der Waals surface area contributed by atoms with Crippen LogP contribution in [0, 0.1) is 11.3 Å². The van der Waals surface area contributed by atoms with E-state index in [9.17, 15) is 0 Å². The molecular weight excluding hydrogens is 182 g/mol. The van der Waals surface area contributed by atoms with Crippen molar-refractivity contribution in [3.05, 3.63) is 0 Å². The minimum absolute atomic E-state index is 0.438. The predicted octanol–water partition coefficient (Wildman–Crippen LogP) is 1.91. The third-order valence-electron chi connectivity index (χ3n) is 1.91. The number of nitrogens with zero attached hydrogens (tertiary/aromatic N) is 1. The molecule has 0 saturated carbocycles. The maximum atomic E-state index is 9.07. The fourth-order valence-corrected chi connectivity index (χ4v) is 2.93. The van der Waals surface area contributed by atoms with Crippen molar-refractivity contribution >= 4 is 8.32 Å². The van der Waals surface area contributed by atoms with Crippen LogP contribution in [0.4, 0.5) is 0 Å². The highest BCUT2D eigenvalue weighted by molar-refractivity contribution is 6.69. The second-order valence-corrected chi connectivity index (χ2v) is 8.91. The molecule has 1 atom stereocenters.